The average molecular weight is 306 g/mol. The van der Waals surface area contributed by atoms with Crippen LogP contribution in [-0.4, -0.2) is 12.1 Å². The third-order valence-electron chi connectivity index (χ3n) is 2.87. The van der Waals surface area contributed by atoms with Gasteiger partial charge in [-0.2, -0.15) is 18.3 Å². The van der Waals surface area contributed by atoms with E-state index in [0.29, 0.717) is 11.1 Å². The first-order chi connectivity index (χ1) is 10.5. The molecule has 2 aromatic rings. The fraction of sp³-hybridized carbons (Fsp3) is 0.125. The number of benzene rings is 2. The highest BCUT2D eigenvalue weighted by atomic mass is 19.4. The van der Waals surface area contributed by atoms with Crippen molar-refractivity contribution in [3.05, 3.63) is 71.3 Å². The molecular weight excluding hydrogens is 293 g/mol. The lowest BCUT2D eigenvalue weighted by Gasteiger charge is -2.07. The van der Waals surface area contributed by atoms with Crippen LogP contribution >= 0.6 is 0 Å². The number of carbonyl (C=O) groups is 1. The first-order valence-electron chi connectivity index (χ1n) is 6.50. The second-order valence-corrected chi connectivity index (χ2v) is 4.52. The third kappa shape index (κ3) is 4.44. The van der Waals surface area contributed by atoms with Gasteiger partial charge in [0.25, 0.3) is 5.91 Å². The van der Waals surface area contributed by atoms with Crippen molar-refractivity contribution >= 4 is 12.1 Å². The van der Waals surface area contributed by atoms with E-state index in [-0.39, 0.29) is 12.3 Å². The number of carbonyl (C=O) groups excluding carboxylic acids is 1. The van der Waals surface area contributed by atoms with Crippen molar-refractivity contribution in [3.8, 4) is 0 Å². The SMILES string of the molecule is O=C(NN=CCc1cccc(C(F)(F)F)c1)c1ccccc1. The zero-order valence-corrected chi connectivity index (χ0v) is 11.5. The van der Waals surface area contributed by atoms with E-state index >= 15 is 0 Å². The number of amides is 1. The Kier molecular flexibility index (Phi) is 4.93. The predicted octanol–water partition coefficient (Wildman–Crippen LogP) is 3.66. The maximum Gasteiger partial charge on any atom is 0.416 e. The molecule has 22 heavy (non-hydrogen) atoms. The molecule has 0 saturated carbocycles. The van der Waals surface area contributed by atoms with Gasteiger partial charge in [0.1, 0.15) is 0 Å². The maximum absolute atomic E-state index is 12.6. The van der Waals surface area contributed by atoms with Crippen LogP contribution in [0.2, 0.25) is 0 Å². The Morgan fingerprint density at radius 2 is 1.82 bits per heavy atom. The van der Waals surface area contributed by atoms with E-state index < -0.39 is 11.7 Å². The van der Waals surface area contributed by atoms with Gasteiger partial charge in [0, 0.05) is 18.2 Å². The molecule has 0 saturated heterocycles. The van der Waals surface area contributed by atoms with Gasteiger partial charge in [-0.05, 0) is 23.8 Å². The lowest BCUT2D eigenvalue weighted by molar-refractivity contribution is -0.137. The lowest BCUT2D eigenvalue weighted by atomic mass is 10.1. The van der Waals surface area contributed by atoms with Crippen molar-refractivity contribution in [1.82, 2.24) is 5.43 Å². The summed E-state index contributed by atoms with van der Waals surface area (Å²) in [5.74, 6) is -0.374. The Hall–Kier alpha value is -2.63. The summed E-state index contributed by atoms with van der Waals surface area (Å²) in [4.78, 5) is 11.7. The van der Waals surface area contributed by atoms with Crippen LogP contribution in [-0.2, 0) is 12.6 Å². The molecule has 114 valence electrons. The number of nitrogens with one attached hydrogen (secondary N) is 1. The van der Waals surface area contributed by atoms with Gasteiger partial charge in [-0.1, -0.05) is 36.4 Å². The number of hydrogen-bond acceptors (Lipinski definition) is 2. The number of alkyl halides is 3. The van der Waals surface area contributed by atoms with Crippen molar-refractivity contribution in [2.24, 2.45) is 5.10 Å². The van der Waals surface area contributed by atoms with Crippen LogP contribution in [0.4, 0.5) is 13.2 Å². The minimum atomic E-state index is -4.37. The molecule has 0 aromatic heterocycles. The van der Waals surface area contributed by atoms with Gasteiger partial charge in [-0.3, -0.25) is 4.79 Å². The summed E-state index contributed by atoms with van der Waals surface area (Å²) in [7, 11) is 0. The molecule has 0 aliphatic rings. The van der Waals surface area contributed by atoms with Gasteiger partial charge in [0.05, 0.1) is 5.56 Å². The molecule has 0 unspecified atom stereocenters. The van der Waals surface area contributed by atoms with E-state index in [1.807, 2.05) is 0 Å². The maximum atomic E-state index is 12.6. The largest absolute Gasteiger partial charge is 0.416 e. The highest BCUT2D eigenvalue weighted by Crippen LogP contribution is 2.29. The van der Waals surface area contributed by atoms with E-state index in [0.717, 1.165) is 12.1 Å². The van der Waals surface area contributed by atoms with Crippen LogP contribution in [0.3, 0.4) is 0 Å². The third-order valence-corrected chi connectivity index (χ3v) is 2.87. The summed E-state index contributed by atoms with van der Waals surface area (Å²) >= 11 is 0. The van der Waals surface area contributed by atoms with Crippen molar-refractivity contribution in [3.63, 3.8) is 0 Å². The van der Waals surface area contributed by atoms with Gasteiger partial charge in [0.2, 0.25) is 0 Å². The molecule has 0 bridgehead atoms. The van der Waals surface area contributed by atoms with Crippen LogP contribution in [0, 0.1) is 0 Å². The Bertz CT molecular complexity index is 667. The topological polar surface area (TPSA) is 41.5 Å². The van der Waals surface area contributed by atoms with E-state index in [4.69, 9.17) is 0 Å². The average Bonchev–Trinajstić information content (AvgIpc) is 2.52. The van der Waals surface area contributed by atoms with Crippen molar-refractivity contribution < 1.29 is 18.0 Å². The summed E-state index contributed by atoms with van der Waals surface area (Å²) in [5.41, 5.74) is 2.54. The lowest BCUT2D eigenvalue weighted by Crippen LogP contribution is -2.17. The van der Waals surface area contributed by atoms with Gasteiger partial charge >= 0.3 is 6.18 Å². The standard InChI is InChI=1S/C16H13F3N2O/c17-16(18,19)14-8-4-5-12(11-14)9-10-20-21-15(22)13-6-2-1-3-7-13/h1-8,10-11H,9H2,(H,21,22). The normalized spacial score (nSPS) is 11.6. The molecule has 0 heterocycles. The summed E-state index contributed by atoms with van der Waals surface area (Å²) in [6.07, 6.45) is -2.82. The first kappa shape index (κ1) is 15.8. The molecule has 0 radical (unpaired) electrons. The Balaban J connectivity index is 1.92. The van der Waals surface area contributed by atoms with E-state index in [2.05, 4.69) is 10.5 Å². The highest BCUT2D eigenvalue weighted by Gasteiger charge is 2.30. The van der Waals surface area contributed by atoms with Crippen LogP contribution in [0.15, 0.2) is 59.7 Å². The minimum absolute atomic E-state index is 0.193. The Labute approximate surface area is 125 Å². The number of hydrogen-bond donors (Lipinski definition) is 1. The quantitative estimate of drug-likeness (QED) is 0.679. The fourth-order valence-electron chi connectivity index (χ4n) is 1.78. The summed E-state index contributed by atoms with van der Waals surface area (Å²) < 4.78 is 37.7. The van der Waals surface area contributed by atoms with Crippen molar-refractivity contribution in [2.75, 3.05) is 0 Å². The molecule has 0 aliphatic carbocycles. The number of hydrazone groups is 1. The molecule has 0 atom stereocenters. The number of halogens is 3. The van der Waals surface area contributed by atoms with Gasteiger partial charge < -0.3 is 0 Å². The van der Waals surface area contributed by atoms with Crippen LogP contribution in [0.1, 0.15) is 21.5 Å². The minimum Gasteiger partial charge on any atom is -0.267 e. The Morgan fingerprint density at radius 1 is 1.09 bits per heavy atom. The zero-order valence-electron chi connectivity index (χ0n) is 11.5. The van der Waals surface area contributed by atoms with E-state index in [9.17, 15) is 18.0 Å². The van der Waals surface area contributed by atoms with Gasteiger partial charge in [-0.15, -0.1) is 0 Å². The molecule has 1 N–H and O–H groups in total. The molecule has 0 fully saturated rings. The van der Waals surface area contributed by atoms with Crippen LogP contribution in [0.5, 0.6) is 0 Å². The molecule has 3 nitrogen and oxygen atoms in total. The summed E-state index contributed by atoms with van der Waals surface area (Å²) in [5, 5.41) is 3.73. The second kappa shape index (κ2) is 6.89. The van der Waals surface area contributed by atoms with Gasteiger partial charge in [-0.25, -0.2) is 5.43 Å². The van der Waals surface area contributed by atoms with E-state index in [1.54, 1.807) is 36.4 Å². The highest BCUT2D eigenvalue weighted by molar-refractivity contribution is 5.94. The Morgan fingerprint density at radius 3 is 2.50 bits per heavy atom. The number of nitrogens with zero attached hydrogens (tertiary/aromatic N) is 1. The molecule has 0 aliphatic heterocycles. The fourth-order valence-corrected chi connectivity index (χ4v) is 1.78. The van der Waals surface area contributed by atoms with Crippen molar-refractivity contribution in [2.45, 2.75) is 12.6 Å². The second-order valence-electron chi connectivity index (χ2n) is 4.52. The molecule has 2 aromatic carbocycles. The van der Waals surface area contributed by atoms with E-state index in [1.165, 1.54) is 12.3 Å². The predicted molar refractivity (Wildman–Crippen MR) is 77.5 cm³/mol. The monoisotopic (exact) mass is 306 g/mol. The summed E-state index contributed by atoms with van der Waals surface area (Å²) in [6, 6.07) is 13.5. The van der Waals surface area contributed by atoms with Crippen LogP contribution in [0.25, 0.3) is 0 Å². The molecule has 2 rings (SSSR count). The van der Waals surface area contributed by atoms with Crippen LogP contribution < -0.4 is 5.43 Å². The zero-order chi connectivity index (χ0) is 16.0. The van der Waals surface area contributed by atoms with Crippen molar-refractivity contribution in [1.29, 1.82) is 0 Å². The van der Waals surface area contributed by atoms with Gasteiger partial charge in [0.15, 0.2) is 0 Å². The molecule has 1 amide bonds. The number of rotatable bonds is 4. The molecule has 0 spiro atoms. The molecule has 6 heteroatoms. The smallest absolute Gasteiger partial charge is 0.267 e. The molecular formula is C16H13F3N2O. The first-order valence-corrected chi connectivity index (χ1v) is 6.50. The summed E-state index contributed by atoms with van der Waals surface area (Å²) in [6.45, 7) is 0.